The molecule has 3 heteroatoms. The van der Waals surface area contributed by atoms with Gasteiger partial charge in [0.2, 0.25) is 0 Å². The van der Waals surface area contributed by atoms with E-state index in [1.54, 1.807) is 0 Å². The van der Waals surface area contributed by atoms with Crippen LogP contribution in [0.5, 0.6) is 5.75 Å². The van der Waals surface area contributed by atoms with Crippen molar-refractivity contribution in [2.24, 2.45) is 11.8 Å². The van der Waals surface area contributed by atoms with Crippen molar-refractivity contribution in [2.75, 3.05) is 19.8 Å². The largest absolute Gasteiger partial charge is 0.493 e. The molecule has 0 spiro atoms. The highest BCUT2D eigenvalue weighted by Gasteiger charge is 2.30. The number of hydrogen-bond donors (Lipinski definition) is 1. The van der Waals surface area contributed by atoms with E-state index in [0.29, 0.717) is 23.9 Å². The van der Waals surface area contributed by atoms with Gasteiger partial charge in [0.05, 0.1) is 13.2 Å². The molecule has 2 rings (SSSR count). The monoisotopic (exact) mass is 277 g/mol. The molecule has 0 aliphatic carbocycles. The zero-order valence-corrected chi connectivity index (χ0v) is 13.1. The van der Waals surface area contributed by atoms with Crippen molar-refractivity contribution in [1.29, 1.82) is 0 Å². The Morgan fingerprint density at radius 2 is 2.10 bits per heavy atom. The van der Waals surface area contributed by atoms with Gasteiger partial charge in [0.1, 0.15) is 5.75 Å². The molecular formula is C17H27NO2. The van der Waals surface area contributed by atoms with Gasteiger partial charge in [-0.3, -0.25) is 0 Å². The maximum atomic E-state index is 5.82. The average Bonchev–Trinajstić information content (AvgIpc) is 2.45. The third kappa shape index (κ3) is 3.53. The molecule has 0 amide bonds. The van der Waals surface area contributed by atoms with Crippen molar-refractivity contribution in [3.63, 3.8) is 0 Å². The molecule has 1 aliphatic heterocycles. The lowest BCUT2D eigenvalue weighted by Gasteiger charge is -2.36. The van der Waals surface area contributed by atoms with Crippen LogP contribution >= 0.6 is 0 Å². The van der Waals surface area contributed by atoms with Gasteiger partial charge in [0.15, 0.2) is 0 Å². The lowest BCUT2D eigenvalue weighted by atomic mass is 9.90. The van der Waals surface area contributed by atoms with Crippen LogP contribution in [0.15, 0.2) is 24.3 Å². The SMILES string of the molecule is CCOCC(NC1c2ccccc2OCC1C)C(C)C. The molecule has 20 heavy (non-hydrogen) atoms. The third-order valence-corrected chi connectivity index (χ3v) is 4.02. The van der Waals surface area contributed by atoms with E-state index in [1.807, 2.05) is 13.0 Å². The molecule has 3 unspecified atom stereocenters. The molecule has 0 bridgehead atoms. The minimum absolute atomic E-state index is 0.341. The fourth-order valence-electron chi connectivity index (χ4n) is 2.66. The molecule has 112 valence electrons. The molecule has 3 nitrogen and oxygen atoms in total. The lowest BCUT2D eigenvalue weighted by Crippen LogP contribution is -2.44. The number of fused-ring (bicyclic) bond motifs is 1. The summed E-state index contributed by atoms with van der Waals surface area (Å²) in [5, 5.41) is 3.79. The second-order valence-corrected chi connectivity index (χ2v) is 5.98. The molecule has 0 saturated carbocycles. The number of nitrogens with one attached hydrogen (secondary N) is 1. The summed E-state index contributed by atoms with van der Waals surface area (Å²) in [6, 6.07) is 9.05. The summed E-state index contributed by atoms with van der Waals surface area (Å²) in [4.78, 5) is 0. The van der Waals surface area contributed by atoms with Crippen molar-refractivity contribution in [3.8, 4) is 5.75 Å². The second-order valence-electron chi connectivity index (χ2n) is 5.98. The first-order valence-corrected chi connectivity index (χ1v) is 7.69. The number of ether oxygens (including phenoxy) is 2. The standard InChI is InChI=1S/C17H27NO2/c1-5-19-11-15(12(2)3)18-17-13(4)10-20-16-9-7-6-8-14(16)17/h6-9,12-13,15,17-18H,5,10-11H2,1-4H3. The molecule has 0 radical (unpaired) electrons. The van der Waals surface area contributed by atoms with E-state index in [2.05, 4.69) is 44.3 Å². The summed E-state index contributed by atoms with van der Waals surface area (Å²) in [6.07, 6.45) is 0. The van der Waals surface area contributed by atoms with E-state index in [1.165, 1.54) is 5.56 Å². The van der Waals surface area contributed by atoms with Gasteiger partial charge in [0, 0.05) is 30.2 Å². The molecule has 0 fully saturated rings. The van der Waals surface area contributed by atoms with Gasteiger partial charge in [0.25, 0.3) is 0 Å². The third-order valence-electron chi connectivity index (χ3n) is 4.02. The van der Waals surface area contributed by atoms with Gasteiger partial charge >= 0.3 is 0 Å². The van der Waals surface area contributed by atoms with Gasteiger partial charge in [-0.25, -0.2) is 0 Å². The van der Waals surface area contributed by atoms with Gasteiger partial charge in [-0.15, -0.1) is 0 Å². The topological polar surface area (TPSA) is 30.5 Å². The highest BCUT2D eigenvalue weighted by atomic mass is 16.5. The van der Waals surface area contributed by atoms with E-state index in [9.17, 15) is 0 Å². The Balaban J connectivity index is 2.13. The predicted molar refractivity (Wildman–Crippen MR) is 82.1 cm³/mol. The molecule has 1 N–H and O–H groups in total. The molecular weight excluding hydrogens is 250 g/mol. The van der Waals surface area contributed by atoms with Crippen LogP contribution in [-0.2, 0) is 4.74 Å². The second kappa shape index (κ2) is 7.09. The molecule has 0 saturated heterocycles. The van der Waals surface area contributed by atoms with E-state index < -0.39 is 0 Å². The summed E-state index contributed by atoms with van der Waals surface area (Å²) in [6.45, 7) is 11.1. The normalized spacial score (nSPS) is 23.2. The van der Waals surface area contributed by atoms with Crippen LogP contribution in [0.2, 0.25) is 0 Å². The number of para-hydroxylation sites is 1. The number of hydrogen-bond acceptors (Lipinski definition) is 3. The van der Waals surface area contributed by atoms with Crippen LogP contribution in [0.3, 0.4) is 0 Å². The van der Waals surface area contributed by atoms with Crippen molar-refractivity contribution in [1.82, 2.24) is 5.32 Å². The Labute approximate surface area is 122 Å². The van der Waals surface area contributed by atoms with Crippen molar-refractivity contribution in [3.05, 3.63) is 29.8 Å². The molecule has 1 aromatic carbocycles. The first kappa shape index (κ1) is 15.3. The zero-order chi connectivity index (χ0) is 14.5. The summed E-state index contributed by atoms with van der Waals surface area (Å²) in [7, 11) is 0. The van der Waals surface area contributed by atoms with E-state index >= 15 is 0 Å². The Morgan fingerprint density at radius 1 is 1.35 bits per heavy atom. The van der Waals surface area contributed by atoms with Crippen molar-refractivity contribution >= 4 is 0 Å². The van der Waals surface area contributed by atoms with Crippen LogP contribution in [0.25, 0.3) is 0 Å². The summed E-state index contributed by atoms with van der Waals surface area (Å²) in [5.41, 5.74) is 1.27. The quantitative estimate of drug-likeness (QED) is 0.864. The van der Waals surface area contributed by atoms with Gasteiger partial charge in [-0.1, -0.05) is 39.0 Å². The highest BCUT2D eigenvalue weighted by Crippen LogP contribution is 2.35. The predicted octanol–water partition coefficient (Wildman–Crippen LogP) is 3.41. The van der Waals surface area contributed by atoms with Crippen LogP contribution in [0.1, 0.15) is 39.3 Å². The first-order chi connectivity index (χ1) is 9.63. The Hall–Kier alpha value is -1.06. The summed E-state index contributed by atoms with van der Waals surface area (Å²) in [5.74, 6) is 2.03. The highest BCUT2D eigenvalue weighted by molar-refractivity contribution is 5.38. The number of rotatable bonds is 6. The lowest BCUT2D eigenvalue weighted by molar-refractivity contribution is 0.0908. The Bertz CT molecular complexity index is 419. The summed E-state index contributed by atoms with van der Waals surface area (Å²) < 4.78 is 11.4. The van der Waals surface area contributed by atoms with Gasteiger partial charge in [-0.2, -0.15) is 0 Å². The fourth-order valence-corrected chi connectivity index (χ4v) is 2.66. The minimum Gasteiger partial charge on any atom is -0.493 e. The van der Waals surface area contributed by atoms with E-state index in [-0.39, 0.29) is 0 Å². The molecule has 1 aromatic rings. The van der Waals surface area contributed by atoms with Gasteiger partial charge < -0.3 is 14.8 Å². The molecule has 1 aliphatic rings. The van der Waals surface area contributed by atoms with Crippen LogP contribution < -0.4 is 10.1 Å². The molecule has 1 heterocycles. The maximum Gasteiger partial charge on any atom is 0.124 e. The van der Waals surface area contributed by atoms with Crippen LogP contribution in [-0.4, -0.2) is 25.9 Å². The smallest absolute Gasteiger partial charge is 0.124 e. The Kier molecular flexibility index (Phi) is 5.44. The minimum atomic E-state index is 0.341. The Morgan fingerprint density at radius 3 is 2.80 bits per heavy atom. The van der Waals surface area contributed by atoms with Crippen LogP contribution in [0, 0.1) is 11.8 Å². The fraction of sp³-hybridized carbons (Fsp3) is 0.647. The van der Waals surface area contributed by atoms with Crippen molar-refractivity contribution in [2.45, 2.75) is 39.8 Å². The summed E-state index contributed by atoms with van der Waals surface area (Å²) >= 11 is 0. The van der Waals surface area contributed by atoms with Crippen molar-refractivity contribution < 1.29 is 9.47 Å². The number of benzene rings is 1. The zero-order valence-electron chi connectivity index (χ0n) is 13.1. The molecule has 0 aromatic heterocycles. The van der Waals surface area contributed by atoms with E-state index in [0.717, 1.165) is 25.6 Å². The van der Waals surface area contributed by atoms with Crippen LogP contribution in [0.4, 0.5) is 0 Å². The molecule has 3 atom stereocenters. The first-order valence-electron chi connectivity index (χ1n) is 7.69. The maximum absolute atomic E-state index is 5.82. The van der Waals surface area contributed by atoms with E-state index in [4.69, 9.17) is 9.47 Å². The van der Waals surface area contributed by atoms with Gasteiger partial charge in [-0.05, 0) is 18.9 Å². The average molecular weight is 277 g/mol.